The summed E-state index contributed by atoms with van der Waals surface area (Å²) in [6.45, 7) is 0. The van der Waals surface area contributed by atoms with Crippen LogP contribution >= 0.6 is 0 Å². The summed E-state index contributed by atoms with van der Waals surface area (Å²) in [5, 5.41) is 2.28. The average molecular weight is 300 g/mol. The highest BCUT2D eigenvalue weighted by Crippen LogP contribution is 2.25. The number of ether oxygens (including phenoxy) is 1. The molecular formula is C20H16N2O. The number of rotatable bonds is 3. The summed E-state index contributed by atoms with van der Waals surface area (Å²) in [7, 11) is 1.67. The van der Waals surface area contributed by atoms with E-state index in [0.29, 0.717) is 5.88 Å². The van der Waals surface area contributed by atoms with Crippen molar-refractivity contribution in [3.05, 3.63) is 78.0 Å². The Bertz CT molecular complexity index is 995. The second-order valence-corrected chi connectivity index (χ2v) is 5.56. The molecule has 4 aromatic rings. The van der Waals surface area contributed by atoms with Crippen LogP contribution in [0.15, 0.2) is 66.9 Å². The quantitative estimate of drug-likeness (QED) is 0.563. The maximum atomic E-state index is 5.49. The first-order valence-electron chi connectivity index (χ1n) is 7.60. The summed E-state index contributed by atoms with van der Waals surface area (Å²) in [5.74, 6) is 0.690. The summed E-state index contributed by atoms with van der Waals surface area (Å²) in [5.41, 5.74) is 4.28. The van der Waals surface area contributed by atoms with Gasteiger partial charge in [0.2, 0.25) is 5.88 Å². The van der Waals surface area contributed by atoms with Gasteiger partial charge in [0.1, 0.15) is 0 Å². The van der Waals surface area contributed by atoms with Crippen molar-refractivity contribution in [2.75, 3.05) is 7.11 Å². The average Bonchev–Trinajstić information content (AvgIpc) is 2.61. The van der Waals surface area contributed by atoms with E-state index in [9.17, 15) is 0 Å². The molecule has 23 heavy (non-hydrogen) atoms. The Morgan fingerprint density at radius 1 is 0.870 bits per heavy atom. The van der Waals surface area contributed by atoms with Crippen molar-refractivity contribution >= 4 is 21.8 Å². The molecular weight excluding hydrogens is 284 g/mol. The molecule has 0 aliphatic heterocycles. The van der Waals surface area contributed by atoms with E-state index in [0.717, 1.165) is 33.8 Å². The molecule has 2 aromatic carbocycles. The van der Waals surface area contributed by atoms with Crippen molar-refractivity contribution in [2.45, 2.75) is 6.42 Å². The van der Waals surface area contributed by atoms with Crippen molar-refractivity contribution in [1.82, 2.24) is 9.97 Å². The van der Waals surface area contributed by atoms with Crippen LogP contribution in [0.5, 0.6) is 5.88 Å². The number of benzene rings is 2. The molecule has 0 fully saturated rings. The van der Waals surface area contributed by atoms with Crippen LogP contribution in [0.4, 0.5) is 0 Å². The molecule has 0 spiro atoms. The maximum absolute atomic E-state index is 5.49. The first kappa shape index (κ1) is 13.7. The Hall–Kier alpha value is -2.94. The summed E-state index contributed by atoms with van der Waals surface area (Å²) in [6, 6.07) is 20.7. The summed E-state index contributed by atoms with van der Waals surface area (Å²) < 4.78 is 5.49. The lowest BCUT2D eigenvalue weighted by atomic mass is 10.0. The molecule has 0 unspecified atom stereocenters. The molecule has 0 saturated carbocycles. The van der Waals surface area contributed by atoms with Crippen molar-refractivity contribution < 1.29 is 4.74 Å². The zero-order valence-electron chi connectivity index (χ0n) is 12.9. The Labute approximate surface area is 134 Å². The first-order chi connectivity index (χ1) is 11.3. The molecule has 0 radical (unpaired) electrons. The van der Waals surface area contributed by atoms with E-state index in [4.69, 9.17) is 4.74 Å². The van der Waals surface area contributed by atoms with Gasteiger partial charge in [-0.05, 0) is 35.9 Å². The zero-order chi connectivity index (χ0) is 15.6. The predicted molar refractivity (Wildman–Crippen MR) is 92.8 cm³/mol. The molecule has 2 heterocycles. The third-order valence-electron chi connectivity index (χ3n) is 4.02. The fraction of sp³-hybridized carbons (Fsp3) is 0.100. The Morgan fingerprint density at radius 3 is 2.61 bits per heavy atom. The Morgan fingerprint density at radius 2 is 1.70 bits per heavy atom. The molecule has 0 saturated heterocycles. The monoisotopic (exact) mass is 300 g/mol. The van der Waals surface area contributed by atoms with Gasteiger partial charge < -0.3 is 4.74 Å². The number of pyridine rings is 2. The van der Waals surface area contributed by atoms with Crippen molar-refractivity contribution in [1.29, 1.82) is 0 Å². The third kappa shape index (κ3) is 2.61. The van der Waals surface area contributed by atoms with Crippen molar-refractivity contribution in [3.8, 4) is 5.88 Å². The predicted octanol–water partition coefficient (Wildman–Crippen LogP) is 4.38. The maximum Gasteiger partial charge on any atom is 0.217 e. The molecule has 3 heteroatoms. The Kier molecular flexibility index (Phi) is 3.39. The smallest absolute Gasteiger partial charge is 0.217 e. The normalized spacial score (nSPS) is 11.0. The van der Waals surface area contributed by atoms with Crippen LogP contribution in [0.1, 0.15) is 11.1 Å². The highest BCUT2D eigenvalue weighted by Gasteiger charge is 2.09. The van der Waals surface area contributed by atoms with Crippen LogP contribution in [-0.4, -0.2) is 17.1 Å². The van der Waals surface area contributed by atoms with Crippen LogP contribution in [-0.2, 0) is 6.42 Å². The number of hydrogen-bond donors (Lipinski definition) is 0. The van der Waals surface area contributed by atoms with Gasteiger partial charge >= 0.3 is 0 Å². The van der Waals surface area contributed by atoms with Gasteiger partial charge in [-0.15, -0.1) is 0 Å². The summed E-state index contributed by atoms with van der Waals surface area (Å²) in [4.78, 5) is 8.98. The fourth-order valence-corrected chi connectivity index (χ4v) is 2.90. The van der Waals surface area contributed by atoms with Gasteiger partial charge in [-0.25, -0.2) is 4.98 Å². The van der Waals surface area contributed by atoms with Gasteiger partial charge in [0.05, 0.1) is 18.1 Å². The van der Waals surface area contributed by atoms with Crippen LogP contribution in [0.3, 0.4) is 0 Å². The van der Waals surface area contributed by atoms with E-state index in [1.165, 1.54) is 5.56 Å². The fourth-order valence-electron chi connectivity index (χ4n) is 2.90. The molecule has 0 bridgehead atoms. The highest BCUT2D eigenvalue weighted by molar-refractivity contribution is 5.81. The number of aromatic nitrogens is 2. The van der Waals surface area contributed by atoms with E-state index in [1.54, 1.807) is 7.11 Å². The van der Waals surface area contributed by atoms with E-state index < -0.39 is 0 Å². The third-order valence-corrected chi connectivity index (χ3v) is 4.02. The van der Waals surface area contributed by atoms with Crippen LogP contribution in [0, 0.1) is 0 Å². The second kappa shape index (κ2) is 5.69. The van der Waals surface area contributed by atoms with Crippen LogP contribution < -0.4 is 4.74 Å². The van der Waals surface area contributed by atoms with Gasteiger partial charge in [-0.2, -0.15) is 0 Å². The number of hydrogen-bond acceptors (Lipinski definition) is 3. The topological polar surface area (TPSA) is 35.0 Å². The van der Waals surface area contributed by atoms with Crippen LogP contribution in [0.25, 0.3) is 21.8 Å². The molecule has 3 nitrogen and oxygen atoms in total. The number of para-hydroxylation sites is 1. The van der Waals surface area contributed by atoms with Gasteiger partial charge in [0.15, 0.2) is 0 Å². The zero-order valence-corrected chi connectivity index (χ0v) is 12.9. The molecule has 112 valence electrons. The lowest BCUT2D eigenvalue weighted by Crippen LogP contribution is -1.97. The van der Waals surface area contributed by atoms with E-state index in [-0.39, 0.29) is 0 Å². The molecule has 0 aliphatic rings. The second-order valence-electron chi connectivity index (χ2n) is 5.56. The minimum atomic E-state index is 0.690. The first-order valence-corrected chi connectivity index (χ1v) is 7.60. The Balaban J connectivity index is 1.78. The minimum Gasteiger partial charge on any atom is -0.481 e. The standard InChI is InChI=1S/C20H16N2O/c1-23-20-17(13-16-5-2-3-7-19(16)22-20)12-14-8-9-18-15(11-14)6-4-10-21-18/h2-11,13H,12H2,1H3. The summed E-state index contributed by atoms with van der Waals surface area (Å²) in [6.07, 6.45) is 2.60. The van der Waals surface area contributed by atoms with Crippen molar-refractivity contribution in [2.24, 2.45) is 0 Å². The largest absolute Gasteiger partial charge is 0.481 e. The lowest BCUT2D eigenvalue weighted by molar-refractivity contribution is 0.395. The minimum absolute atomic E-state index is 0.690. The SMILES string of the molecule is COc1nc2ccccc2cc1Cc1ccc2ncccc2c1. The molecule has 0 amide bonds. The number of fused-ring (bicyclic) bond motifs is 2. The van der Waals surface area contributed by atoms with E-state index >= 15 is 0 Å². The molecule has 4 rings (SSSR count). The van der Waals surface area contributed by atoms with E-state index in [1.807, 2.05) is 30.5 Å². The molecule has 0 N–H and O–H groups in total. The molecule has 0 atom stereocenters. The molecule has 2 aromatic heterocycles. The van der Waals surface area contributed by atoms with Gasteiger partial charge in [0, 0.05) is 29.0 Å². The molecule has 0 aliphatic carbocycles. The van der Waals surface area contributed by atoms with Gasteiger partial charge in [0.25, 0.3) is 0 Å². The number of nitrogens with zero attached hydrogens (tertiary/aromatic N) is 2. The summed E-state index contributed by atoms with van der Waals surface area (Å²) >= 11 is 0. The van der Waals surface area contributed by atoms with E-state index in [2.05, 4.69) is 46.4 Å². The van der Waals surface area contributed by atoms with Crippen molar-refractivity contribution in [3.63, 3.8) is 0 Å². The highest BCUT2D eigenvalue weighted by atomic mass is 16.5. The lowest BCUT2D eigenvalue weighted by Gasteiger charge is -2.10. The van der Waals surface area contributed by atoms with Gasteiger partial charge in [-0.3, -0.25) is 4.98 Å². The number of methoxy groups -OCH3 is 1. The van der Waals surface area contributed by atoms with Crippen LogP contribution in [0.2, 0.25) is 0 Å². The van der Waals surface area contributed by atoms with Gasteiger partial charge in [-0.1, -0.05) is 30.3 Å².